The molecule has 7 nitrogen and oxygen atoms in total. The van der Waals surface area contributed by atoms with E-state index < -0.39 is 40.3 Å². The van der Waals surface area contributed by atoms with E-state index in [-0.39, 0.29) is 36.2 Å². The molecule has 0 spiro atoms. The maximum absolute atomic E-state index is 13.7. The maximum Gasteiger partial charge on any atom is 0.316 e. The second-order valence-corrected chi connectivity index (χ2v) is 11.2. The fourth-order valence-electron chi connectivity index (χ4n) is 8.41. The first kappa shape index (κ1) is 21.8. The predicted octanol–water partition coefficient (Wildman–Crippen LogP) is 3.74. The highest BCUT2D eigenvalue weighted by molar-refractivity contribution is 6.00. The van der Waals surface area contributed by atoms with Crippen molar-refractivity contribution in [3.8, 4) is 0 Å². The Morgan fingerprint density at radius 3 is 2.65 bits per heavy atom. The van der Waals surface area contributed by atoms with Crippen molar-refractivity contribution in [3.05, 3.63) is 47.5 Å². The fourth-order valence-corrected chi connectivity index (χ4v) is 8.41. The van der Waals surface area contributed by atoms with Crippen molar-refractivity contribution in [1.29, 1.82) is 0 Å². The summed E-state index contributed by atoms with van der Waals surface area (Å²) in [6.45, 7) is 7.96. The van der Waals surface area contributed by atoms with Crippen LogP contribution in [-0.2, 0) is 28.6 Å². The van der Waals surface area contributed by atoms with Crippen molar-refractivity contribution in [2.45, 2.75) is 64.8 Å². The van der Waals surface area contributed by atoms with Crippen LogP contribution in [0, 0.1) is 28.1 Å². The monoisotopic (exact) mass is 466 g/mol. The van der Waals surface area contributed by atoms with E-state index in [1.54, 1.807) is 18.6 Å². The van der Waals surface area contributed by atoms with Crippen molar-refractivity contribution in [3.63, 3.8) is 0 Å². The third-order valence-corrected chi connectivity index (χ3v) is 9.91. The van der Waals surface area contributed by atoms with E-state index in [2.05, 4.69) is 13.8 Å². The molecule has 6 rings (SSSR count). The average molecular weight is 467 g/mol. The van der Waals surface area contributed by atoms with Crippen LogP contribution in [0.3, 0.4) is 0 Å². The molecule has 1 aromatic rings. The van der Waals surface area contributed by atoms with Crippen molar-refractivity contribution in [2.75, 3.05) is 7.11 Å². The Morgan fingerprint density at radius 2 is 1.97 bits per heavy atom. The Kier molecular flexibility index (Phi) is 4.31. The van der Waals surface area contributed by atoms with E-state index in [1.807, 2.05) is 19.9 Å². The standard InChI is InChI=1S/C27H30O7/c1-13-15(14-7-9-32-12-14)10-16-20(13)27(4)17(11-19(29)31-5)26(3)18(28)6-8-25(2)22(26)21(23(27)33-16)34-24(25)30/h6-9,12,15-17,21-23H,10-11H2,1-5H3/t15-,16+,17?,21?,22?,23-,25-,26?,27?/m1/s1. The number of allylic oxidation sites excluding steroid dienone is 2. The minimum Gasteiger partial charge on any atom is -0.472 e. The molecule has 1 aromatic heterocycles. The lowest BCUT2D eigenvalue weighted by atomic mass is 9.42. The normalized spacial score (nSPS) is 46.3. The first-order valence-corrected chi connectivity index (χ1v) is 12.0. The number of carbonyl (C=O) groups is 3. The Labute approximate surface area is 198 Å². The van der Waals surface area contributed by atoms with Gasteiger partial charge in [-0.3, -0.25) is 14.4 Å². The Hall–Kier alpha value is -2.67. The Balaban J connectivity index is 1.58. The summed E-state index contributed by atoms with van der Waals surface area (Å²) < 4.78 is 23.2. The summed E-state index contributed by atoms with van der Waals surface area (Å²) in [5.41, 5.74) is 0.794. The molecule has 1 saturated carbocycles. The smallest absolute Gasteiger partial charge is 0.316 e. The molecule has 34 heavy (non-hydrogen) atoms. The van der Waals surface area contributed by atoms with Gasteiger partial charge in [-0.05, 0) is 49.5 Å². The summed E-state index contributed by atoms with van der Waals surface area (Å²) in [6.07, 6.45) is 6.29. The van der Waals surface area contributed by atoms with Gasteiger partial charge in [-0.1, -0.05) is 25.5 Å². The average Bonchev–Trinajstić information content (AvgIpc) is 3.54. The topological polar surface area (TPSA) is 92.0 Å². The lowest BCUT2D eigenvalue weighted by molar-refractivity contribution is -0.190. The molecule has 3 fully saturated rings. The van der Waals surface area contributed by atoms with Crippen LogP contribution >= 0.6 is 0 Å². The van der Waals surface area contributed by atoms with Gasteiger partial charge in [0.05, 0.1) is 37.6 Å². The molecule has 0 amide bonds. The summed E-state index contributed by atoms with van der Waals surface area (Å²) in [5.74, 6) is -1.46. The molecule has 5 aliphatic rings. The van der Waals surface area contributed by atoms with Gasteiger partial charge in [-0.25, -0.2) is 0 Å². The van der Waals surface area contributed by atoms with Gasteiger partial charge in [0.25, 0.3) is 0 Å². The van der Waals surface area contributed by atoms with Crippen LogP contribution in [-0.4, -0.2) is 43.1 Å². The highest BCUT2D eigenvalue weighted by atomic mass is 16.6. The lowest BCUT2D eigenvalue weighted by Gasteiger charge is -2.59. The number of rotatable bonds is 3. The molecule has 3 heterocycles. The first-order valence-electron chi connectivity index (χ1n) is 12.0. The largest absolute Gasteiger partial charge is 0.472 e. The number of hydrogen-bond donors (Lipinski definition) is 0. The molecular weight excluding hydrogens is 436 g/mol. The van der Waals surface area contributed by atoms with Crippen molar-refractivity contribution < 1.29 is 33.0 Å². The SMILES string of the molecule is COC(=O)CC1C2(C)C(=O)C=C[C@@]3(C)C(=O)OC(C23)[C@H]2O[C@H]3C[C@@H](c4ccoc4)C(C)=C3C12C. The van der Waals surface area contributed by atoms with Crippen LogP contribution in [0.25, 0.3) is 0 Å². The first-order chi connectivity index (χ1) is 16.1. The van der Waals surface area contributed by atoms with Crippen LogP contribution in [0.4, 0.5) is 0 Å². The number of esters is 2. The summed E-state index contributed by atoms with van der Waals surface area (Å²) >= 11 is 0. The van der Waals surface area contributed by atoms with Crippen molar-refractivity contribution >= 4 is 17.7 Å². The maximum atomic E-state index is 13.7. The van der Waals surface area contributed by atoms with Gasteiger partial charge in [0.2, 0.25) is 0 Å². The molecule has 0 radical (unpaired) electrons. The van der Waals surface area contributed by atoms with Gasteiger partial charge in [0.15, 0.2) is 5.78 Å². The van der Waals surface area contributed by atoms with E-state index >= 15 is 0 Å². The minimum atomic E-state index is -0.987. The van der Waals surface area contributed by atoms with Crippen LogP contribution in [0.1, 0.15) is 52.0 Å². The minimum absolute atomic E-state index is 0.0658. The van der Waals surface area contributed by atoms with E-state index in [9.17, 15) is 14.4 Å². The van der Waals surface area contributed by atoms with Crippen molar-refractivity contribution in [2.24, 2.45) is 28.1 Å². The van der Waals surface area contributed by atoms with Crippen LogP contribution < -0.4 is 0 Å². The molecule has 5 unspecified atom stereocenters. The fraction of sp³-hybridized carbons (Fsp3) is 0.593. The van der Waals surface area contributed by atoms with Gasteiger partial charge < -0.3 is 18.6 Å². The molecule has 180 valence electrons. The number of furan rings is 1. The van der Waals surface area contributed by atoms with E-state index in [1.165, 1.54) is 18.8 Å². The number of ether oxygens (including phenoxy) is 3. The zero-order chi connectivity index (χ0) is 24.2. The van der Waals surface area contributed by atoms with E-state index in [0.717, 1.165) is 17.6 Å². The molecular formula is C27H30O7. The van der Waals surface area contributed by atoms with E-state index in [0.29, 0.717) is 0 Å². The highest BCUT2D eigenvalue weighted by Crippen LogP contribution is 2.72. The van der Waals surface area contributed by atoms with Gasteiger partial charge in [-0.15, -0.1) is 0 Å². The third kappa shape index (κ3) is 2.34. The van der Waals surface area contributed by atoms with Gasteiger partial charge in [0, 0.05) is 22.7 Å². The number of hydrogen-bond acceptors (Lipinski definition) is 7. The molecule has 0 N–H and O–H groups in total. The molecule has 2 saturated heterocycles. The molecule has 0 bridgehead atoms. The molecule has 9 atom stereocenters. The van der Waals surface area contributed by atoms with Crippen LogP contribution in [0.2, 0.25) is 0 Å². The summed E-state index contributed by atoms with van der Waals surface area (Å²) in [5, 5.41) is 0. The Morgan fingerprint density at radius 1 is 1.21 bits per heavy atom. The number of carbonyl (C=O) groups excluding carboxylic acids is 3. The molecule has 7 heteroatoms. The number of ketones is 1. The van der Waals surface area contributed by atoms with Crippen LogP contribution in [0.5, 0.6) is 0 Å². The van der Waals surface area contributed by atoms with Crippen molar-refractivity contribution in [1.82, 2.24) is 0 Å². The van der Waals surface area contributed by atoms with Gasteiger partial charge in [0.1, 0.15) is 12.2 Å². The van der Waals surface area contributed by atoms with E-state index in [4.69, 9.17) is 18.6 Å². The zero-order valence-corrected chi connectivity index (χ0v) is 20.1. The summed E-state index contributed by atoms with van der Waals surface area (Å²) in [7, 11) is 1.37. The quantitative estimate of drug-likeness (QED) is 0.495. The number of fused-ring (bicyclic) bond motifs is 4. The highest BCUT2D eigenvalue weighted by Gasteiger charge is 2.77. The van der Waals surface area contributed by atoms with Gasteiger partial charge >= 0.3 is 11.9 Å². The predicted molar refractivity (Wildman–Crippen MR) is 119 cm³/mol. The summed E-state index contributed by atoms with van der Waals surface area (Å²) in [6, 6.07) is 1.97. The zero-order valence-electron chi connectivity index (χ0n) is 20.1. The second kappa shape index (κ2) is 6.72. The Bertz CT molecular complexity index is 1160. The molecule has 3 aliphatic carbocycles. The summed E-state index contributed by atoms with van der Waals surface area (Å²) in [4.78, 5) is 39.6. The molecule has 0 aromatic carbocycles. The van der Waals surface area contributed by atoms with Gasteiger partial charge in [-0.2, -0.15) is 0 Å². The second-order valence-electron chi connectivity index (χ2n) is 11.2. The molecule has 2 aliphatic heterocycles. The third-order valence-electron chi connectivity index (χ3n) is 9.91. The number of methoxy groups -OCH3 is 1. The lowest BCUT2D eigenvalue weighted by Crippen LogP contribution is -2.66. The van der Waals surface area contributed by atoms with Crippen LogP contribution in [0.15, 0.2) is 46.3 Å².